The second-order valence-corrected chi connectivity index (χ2v) is 3.13. The number of carbonyl (C=O) groups excluding carboxylic acids is 1. The minimum absolute atomic E-state index is 0.455. The first-order valence-electron chi connectivity index (χ1n) is 3.99. The average molecular weight is 140 g/mol. The molecule has 1 aliphatic carbocycles. The molecule has 1 aliphatic rings. The van der Waals surface area contributed by atoms with Crippen molar-refractivity contribution in [2.24, 2.45) is 5.92 Å². The lowest BCUT2D eigenvalue weighted by atomic mass is 10.00. The third-order valence-electron chi connectivity index (χ3n) is 2.23. The molecule has 10 heavy (non-hydrogen) atoms. The van der Waals surface area contributed by atoms with Crippen LogP contribution in [0.3, 0.4) is 0 Å². The van der Waals surface area contributed by atoms with Gasteiger partial charge in [0.05, 0.1) is 6.04 Å². The Morgan fingerprint density at radius 3 is 2.60 bits per heavy atom. The Bertz CT molecular complexity index is 108. The number of nitrogens with one attached hydrogen (secondary N) is 1. The van der Waals surface area contributed by atoms with Gasteiger partial charge in [-0.2, -0.15) is 0 Å². The summed E-state index contributed by atoms with van der Waals surface area (Å²) in [4.78, 5) is 10.1. The van der Waals surface area contributed by atoms with Crippen molar-refractivity contribution in [2.45, 2.75) is 38.1 Å². The van der Waals surface area contributed by atoms with Gasteiger partial charge < -0.3 is 4.79 Å². The van der Waals surface area contributed by atoms with Crippen molar-refractivity contribution in [3.05, 3.63) is 0 Å². The fraction of sp³-hybridized carbons (Fsp3) is 0.875. The van der Waals surface area contributed by atoms with Gasteiger partial charge in [-0.25, -0.2) is 5.73 Å². The van der Waals surface area contributed by atoms with Crippen molar-refractivity contribution in [3.63, 3.8) is 0 Å². The van der Waals surface area contributed by atoms with Gasteiger partial charge in [-0.3, -0.25) is 0 Å². The summed E-state index contributed by atoms with van der Waals surface area (Å²) in [6.45, 7) is 0. The number of carbonyl (C=O) groups is 1. The monoisotopic (exact) mass is 140 g/mol. The highest BCUT2D eigenvalue weighted by Gasteiger charge is 2.17. The quantitative estimate of drug-likeness (QED) is 0.546. The molecule has 2 nitrogen and oxygen atoms in total. The van der Waals surface area contributed by atoms with Gasteiger partial charge in [-0.1, -0.05) is 25.7 Å². The average Bonchev–Trinajstić information content (AvgIpc) is 2.40. The molecule has 0 bridgehead atoms. The molecule has 0 spiro atoms. The van der Waals surface area contributed by atoms with Gasteiger partial charge in [0.15, 0.2) is 0 Å². The summed E-state index contributed by atoms with van der Waals surface area (Å²) >= 11 is 0. The van der Waals surface area contributed by atoms with Crippen LogP contribution in [0.1, 0.15) is 32.1 Å². The van der Waals surface area contributed by atoms with Gasteiger partial charge in [0, 0.05) is 0 Å². The van der Waals surface area contributed by atoms with Crippen molar-refractivity contribution in [3.8, 4) is 0 Å². The van der Waals surface area contributed by atoms with Crippen molar-refractivity contribution >= 4 is 6.29 Å². The first-order chi connectivity index (χ1) is 4.83. The number of rotatable bonds is 3. The first-order valence-corrected chi connectivity index (χ1v) is 3.99. The van der Waals surface area contributed by atoms with E-state index in [4.69, 9.17) is 5.73 Å². The predicted molar refractivity (Wildman–Crippen MR) is 39.5 cm³/mol. The lowest BCUT2D eigenvalue weighted by Crippen LogP contribution is -2.14. The Balaban J connectivity index is 2.17. The Kier molecular flexibility index (Phi) is 2.87. The molecule has 0 aromatic rings. The Morgan fingerprint density at radius 1 is 1.50 bits per heavy atom. The van der Waals surface area contributed by atoms with Crippen LogP contribution in [0, 0.1) is 5.92 Å². The Morgan fingerprint density at radius 2 is 2.10 bits per heavy atom. The summed E-state index contributed by atoms with van der Waals surface area (Å²) in [7, 11) is 0. The van der Waals surface area contributed by atoms with Crippen LogP contribution in [0.25, 0.3) is 0 Å². The third kappa shape index (κ3) is 2.10. The summed E-state index contributed by atoms with van der Waals surface area (Å²) < 4.78 is 0. The summed E-state index contributed by atoms with van der Waals surface area (Å²) in [5.41, 5.74) is 7.22. The van der Waals surface area contributed by atoms with Gasteiger partial charge in [-0.05, 0) is 12.3 Å². The molecule has 1 atom stereocenters. The standard InChI is InChI=1S/C8H14NO/c9-8(6-10)5-7-3-1-2-4-7/h6-9H,1-5H2. The van der Waals surface area contributed by atoms with E-state index in [9.17, 15) is 4.79 Å². The van der Waals surface area contributed by atoms with Gasteiger partial charge >= 0.3 is 0 Å². The first kappa shape index (κ1) is 7.73. The van der Waals surface area contributed by atoms with E-state index in [1.54, 1.807) is 0 Å². The molecule has 0 aromatic carbocycles. The predicted octanol–water partition coefficient (Wildman–Crippen LogP) is 1.42. The van der Waals surface area contributed by atoms with E-state index in [1.807, 2.05) is 0 Å². The molecule has 0 saturated heterocycles. The minimum Gasteiger partial charge on any atom is -0.302 e. The summed E-state index contributed by atoms with van der Waals surface area (Å²) in [6, 6.07) is -0.455. The van der Waals surface area contributed by atoms with Crippen molar-refractivity contribution < 1.29 is 4.79 Å². The van der Waals surface area contributed by atoms with Gasteiger partial charge in [0.1, 0.15) is 6.29 Å². The zero-order valence-corrected chi connectivity index (χ0v) is 6.18. The van der Waals surface area contributed by atoms with Gasteiger partial charge in [0.2, 0.25) is 0 Å². The van der Waals surface area contributed by atoms with Gasteiger partial charge in [-0.15, -0.1) is 0 Å². The van der Waals surface area contributed by atoms with E-state index in [-0.39, 0.29) is 0 Å². The maximum absolute atomic E-state index is 10.1. The van der Waals surface area contributed by atoms with E-state index < -0.39 is 6.04 Å². The van der Waals surface area contributed by atoms with Crippen molar-refractivity contribution in [1.29, 1.82) is 0 Å². The van der Waals surface area contributed by atoms with Crippen LogP contribution in [0.2, 0.25) is 0 Å². The maximum Gasteiger partial charge on any atom is 0.138 e. The van der Waals surface area contributed by atoms with Gasteiger partial charge in [0.25, 0.3) is 0 Å². The highest BCUT2D eigenvalue weighted by molar-refractivity contribution is 5.56. The van der Waals surface area contributed by atoms with Crippen LogP contribution in [0.4, 0.5) is 0 Å². The Hall–Kier alpha value is -0.370. The molecule has 1 unspecified atom stereocenters. The smallest absolute Gasteiger partial charge is 0.138 e. The van der Waals surface area contributed by atoms with E-state index in [0.717, 1.165) is 12.7 Å². The zero-order valence-electron chi connectivity index (χ0n) is 6.18. The van der Waals surface area contributed by atoms with Crippen LogP contribution in [-0.4, -0.2) is 12.3 Å². The maximum atomic E-state index is 10.1. The zero-order chi connectivity index (χ0) is 7.40. The van der Waals surface area contributed by atoms with E-state index in [0.29, 0.717) is 5.92 Å². The fourth-order valence-electron chi connectivity index (χ4n) is 1.66. The second-order valence-electron chi connectivity index (χ2n) is 3.13. The van der Waals surface area contributed by atoms with Crippen LogP contribution in [0.5, 0.6) is 0 Å². The lowest BCUT2D eigenvalue weighted by Gasteiger charge is -2.08. The molecule has 1 radical (unpaired) electrons. The SMILES string of the molecule is [NH]C(C=O)CC1CCCC1. The molecule has 0 aromatic heterocycles. The molecule has 1 N–H and O–H groups in total. The summed E-state index contributed by atoms with van der Waals surface area (Å²) in [5, 5.41) is 0. The van der Waals surface area contributed by atoms with E-state index in [1.165, 1.54) is 25.7 Å². The number of hydrogen-bond acceptors (Lipinski definition) is 1. The molecule has 0 heterocycles. The summed E-state index contributed by atoms with van der Waals surface area (Å²) in [6.07, 6.45) is 6.63. The van der Waals surface area contributed by atoms with Crippen LogP contribution >= 0.6 is 0 Å². The second kappa shape index (κ2) is 3.71. The van der Waals surface area contributed by atoms with E-state index >= 15 is 0 Å². The van der Waals surface area contributed by atoms with Crippen LogP contribution < -0.4 is 5.73 Å². The molecule has 1 saturated carbocycles. The normalized spacial score (nSPS) is 22.9. The largest absolute Gasteiger partial charge is 0.302 e. The number of aldehydes is 1. The fourth-order valence-corrected chi connectivity index (χ4v) is 1.66. The highest BCUT2D eigenvalue weighted by Crippen LogP contribution is 2.27. The minimum atomic E-state index is -0.455. The Labute approximate surface area is 61.8 Å². The topological polar surface area (TPSA) is 40.9 Å². The molecule has 1 fully saturated rings. The van der Waals surface area contributed by atoms with Crippen molar-refractivity contribution in [1.82, 2.24) is 5.73 Å². The molecular formula is C8H14NO. The van der Waals surface area contributed by atoms with E-state index in [2.05, 4.69) is 0 Å². The van der Waals surface area contributed by atoms with Crippen LogP contribution in [-0.2, 0) is 4.79 Å². The highest BCUT2D eigenvalue weighted by atomic mass is 16.1. The van der Waals surface area contributed by atoms with Crippen LogP contribution in [0.15, 0.2) is 0 Å². The molecule has 1 rings (SSSR count). The molecule has 0 aliphatic heterocycles. The molecular weight excluding hydrogens is 126 g/mol. The van der Waals surface area contributed by atoms with Crippen molar-refractivity contribution in [2.75, 3.05) is 0 Å². The molecule has 2 heteroatoms. The molecule has 0 amide bonds. The summed E-state index contributed by atoms with van der Waals surface area (Å²) in [5.74, 6) is 0.674. The molecule has 57 valence electrons. The lowest BCUT2D eigenvalue weighted by molar-refractivity contribution is -0.109. The number of hydrogen-bond donors (Lipinski definition) is 0. The third-order valence-corrected chi connectivity index (χ3v) is 2.23.